The third kappa shape index (κ3) is 4.49. The highest BCUT2D eigenvalue weighted by atomic mass is 79.9. The third-order valence-electron chi connectivity index (χ3n) is 3.05. The highest BCUT2D eigenvalue weighted by Gasteiger charge is 2.25. The largest absolute Gasteiger partial charge is 0.396 e. The van der Waals surface area contributed by atoms with E-state index in [0.717, 1.165) is 15.4 Å². The van der Waals surface area contributed by atoms with Gasteiger partial charge in [0.2, 0.25) is 0 Å². The summed E-state index contributed by atoms with van der Waals surface area (Å²) >= 11 is 3.38. The Morgan fingerprint density at radius 1 is 1.24 bits per heavy atom. The zero-order valence-electron chi connectivity index (χ0n) is 11.2. The van der Waals surface area contributed by atoms with E-state index in [-0.39, 0.29) is 6.42 Å². The van der Waals surface area contributed by atoms with Crippen LogP contribution >= 0.6 is 15.9 Å². The van der Waals surface area contributed by atoms with E-state index in [2.05, 4.69) is 26.2 Å². The van der Waals surface area contributed by atoms with E-state index in [1.807, 2.05) is 18.2 Å². The standard InChI is InChI=1S/C14H15BrF3N3/c15-9-3-4-12-10(7-9)13(11(19)8-21-12)20-6-2-1-5-14(16,17)18/h3-4,7-8H,1-2,5-6,19H2,(H,20,21). The average molecular weight is 362 g/mol. The van der Waals surface area contributed by atoms with Gasteiger partial charge < -0.3 is 11.1 Å². The van der Waals surface area contributed by atoms with Crippen LogP contribution in [-0.2, 0) is 0 Å². The van der Waals surface area contributed by atoms with E-state index in [1.165, 1.54) is 0 Å². The molecule has 0 atom stereocenters. The van der Waals surface area contributed by atoms with Crippen molar-refractivity contribution in [2.45, 2.75) is 25.4 Å². The number of rotatable bonds is 5. The molecule has 3 nitrogen and oxygen atoms in total. The molecule has 1 aromatic carbocycles. The first-order chi connectivity index (χ1) is 9.87. The van der Waals surface area contributed by atoms with Crippen molar-refractivity contribution < 1.29 is 13.2 Å². The van der Waals surface area contributed by atoms with Gasteiger partial charge in [-0.1, -0.05) is 15.9 Å². The minimum atomic E-state index is -4.09. The van der Waals surface area contributed by atoms with Gasteiger partial charge in [-0.15, -0.1) is 0 Å². The van der Waals surface area contributed by atoms with Gasteiger partial charge in [-0.3, -0.25) is 4.98 Å². The van der Waals surface area contributed by atoms with Crippen molar-refractivity contribution in [2.24, 2.45) is 0 Å². The number of pyridine rings is 1. The minimum absolute atomic E-state index is 0.100. The normalized spacial score (nSPS) is 11.8. The van der Waals surface area contributed by atoms with Gasteiger partial charge in [0.15, 0.2) is 0 Å². The van der Waals surface area contributed by atoms with Crippen molar-refractivity contribution in [3.8, 4) is 0 Å². The predicted octanol–water partition coefficient (Wildman–Crippen LogP) is 4.72. The summed E-state index contributed by atoms with van der Waals surface area (Å²) in [6.45, 7) is 0.436. The Hall–Kier alpha value is -1.50. The molecule has 7 heteroatoms. The average Bonchev–Trinajstić information content (AvgIpc) is 2.39. The van der Waals surface area contributed by atoms with Crippen molar-refractivity contribution in [1.29, 1.82) is 0 Å². The molecule has 0 amide bonds. The number of benzene rings is 1. The lowest BCUT2D eigenvalue weighted by Crippen LogP contribution is -2.09. The lowest BCUT2D eigenvalue weighted by atomic mass is 10.1. The van der Waals surface area contributed by atoms with Gasteiger partial charge in [0.05, 0.1) is 23.1 Å². The number of fused-ring (bicyclic) bond motifs is 1. The maximum Gasteiger partial charge on any atom is 0.389 e. The Labute approximate surface area is 128 Å². The second-order valence-corrected chi connectivity index (χ2v) is 5.66. The molecule has 0 fully saturated rings. The first-order valence-electron chi connectivity index (χ1n) is 6.51. The summed E-state index contributed by atoms with van der Waals surface area (Å²) in [6.07, 6.45) is -2.77. The molecule has 0 unspecified atom stereocenters. The number of nitrogens with one attached hydrogen (secondary N) is 1. The summed E-state index contributed by atoms with van der Waals surface area (Å²) in [6, 6.07) is 5.61. The van der Waals surface area contributed by atoms with Gasteiger partial charge in [-0.25, -0.2) is 0 Å². The maximum atomic E-state index is 12.1. The lowest BCUT2D eigenvalue weighted by molar-refractivity contribution is -0.135. The second-order valence-electron chi connectivity index (χ2n) is 4.75. The van der Waals surface area contributed by atoms with Gasteiger partial charge in [-0.05, 0) is 31.0 Å². The molecule has 114 valence electrons. The summed E-state index contributed by atoms with van der Waals surface area (Å²) < 4.78 is 37.1. The summed E-state index contributed by atoms with van der Waals surface area (Å²) in [5.41, 5.74) is 7.88. The van der Waals surface area contributed by atoms with Crippen LogP contribution < -0.4 is 11.1 Å². The SMILES string of the molecule is Nc1cnc2ccc(Br)cc2c1NCCCCC(F)(F)F. The Balaban J connectivity index is 2.04. The monoisotopic (exact) mass is 361 g/mol. The molecular formula is C14H15BrF3N3. The quantitative estimate of drug-likeness (QED) is 0.757. The van der Waals surface area contributed by atoms with Gasteiger partial charge in [0, 0.05) is 22.8 Å². The van der Waals surface area contributed by atoms with E-state index < -0.39 is 12.6 Å². The Bertz CT molecular complexity index is 623. The van der Waals surface area contributed by atoms with Gasteiger partial charge >= 0.3 is 6.18 Å². The highest BCUT2D eigenvalue weighted by Crippen LogP contribution is 2.30. The molecule has 2 aromatic rings. The van der Waals surface area contributed by atoms with Crippen molar-refractivity contribution in [3.63, 3.8) is 0 Å². The topological polar surface area (TPSA) is 50.9 Å². The van der Waals surface area contributed by atoms with Crippen LogP contribution in [0.5, 0.6) is 0 Å². The van der Waals surface area contributed by atoms with Crippen LogP contribution in [0.15, 0.2) is 28.9 Å². The fraction of sp³-hybridized carbons (Fsp3) is 0.357. The van der Waals surface area contributed by atoms with Gasteiger partial charge in [-0.2, -0.15) is 13.2 Å². The molecule has 0 aliphatic carbocycles. The number of alkyl halides is 3. The number of nitrogens with two attached hydrogens (primary N) is 1. The molecule has 0 saturated carbocycles. The molecular weight excluding hydrogens is 347 g/mol. The Morgan fingerprint density at radius 3 is 2.71 bits per heavy atom. The number of anilines is 2. The molecule has 0 bridgehead atoms. The fourth-order valence-electron chi connectivity index (χ4n) is 2.04. The first-order valence-corrected chi connectivity index (χ1v) is 7.30. The van der Waals surface area contributed by atoms with Gasteiger partial charge in [0.1, 0.15) is 0 Å². The number of aromatic nitrogens is 1. The van der Waals surface area contributed by atoms with Crippen LogP contribution in [0, 0.1) is 0 Å². The molecule has 0 spiro atoms. The second kappa shape index (κ2) is 6.51. The molecule has 0 aliphatic rings. The van der Waals surface area contributed by atoms with Crippen LogP contribution in [-0.4, -0.2) is 17.7 Å². The molecule has 0 radical (unpaired) electrons. The minimum Gasteiger partial charge on any atom is -0.396 e. The van der Waals surface area contributed by atoms with E-state index >= 15 is 0 Å². The molecule has 0 saturated heterocycles. The van der Waals surface area contributed by atoms with Crippen molar-refractivity contribution >= 4 is 38.2 Å². The van der Waals surface area contributed by atoms with E-state index in [4.69, 9.17) is 5.73 Å². The lowest BCUT2D eigenvalue weighted by Gasteiger charge is -2.13. The zero-order chi connectivity index (χ0) is 15.5. The summed E-state index contributed by atoms with van der Waals surface area (Å²) in [5.74, 6) is 0. The number of nitrogen functional groups attached to an aromatic ring is 1. The zero-order valence-corrected chi connectivity index (χ0v) is 12.8. The van der Waals surface area contributed by atoms with E-state index in [0.29, 0.717) is 24.3 Å². The Morgan fingerprint density at radius 2 is 2.00 bits per heavy atom. The fourth-order valence-corrected chi connectivity index (χ4v) is 2.40. The molecule has 21 heavy (non-hydrogen) atoms. The van der Waals surface area contributed by atoms with Crippen molar-refractivity contribution in [1.82, 2.24) is 4.98 Å². The van der Waals surface area contributed by atoms with E-state index in [1.54, 1.807) is 6.20 Å². The summed E-state index contributed by atoms with van der Waals surface area (Å²) in [7, 11) is 0. The number of unbranched alkanes of at least 4 members (excludes halogenated alkanes) is 1. The third-order valence-corrected chi connectivity index (χ3v) is 3.54. The van der Waals surface area contributed by atoms with Crippen LogP contribution in [0.2, 0.25) is 0 Å². The maximum absolute atomic E-state index is 12.1. The number of halogens is 4. The van der Waals surface area contributed by atoms with Crippen LogP contribution in [0.1, 0.15) is 19.3 Å². The summed E-state index contributed by atoms with van der Waals surface area (Å²) in [4.78, 5) is 4.22. The molecule has 2 rings (SSSR count). The van der Waals surface area contributed by atoms with Crippen molar-refractivity contribution in [3.05, 3.63) is 28.9 Å². The van der Waals surface area contributed by atoms with Crippen molar-refractivity contribution in [2.75, 3.05) is 17.6 Å². The Kier molecular flexibility index (Phi) is 4.92. The van der Waals surface area contributed by atoms with Crippen LogP contribution in [0.3, 0.4) is 0 Å². The van der Waals surface area contributed by atoms with Gasteiger partial charge in [0.25, 0.3) is 0 Å². The number of hydrogen-bond acceptors (Lipinski definition) is 3. The molecule has 1 aromatic heterocycles. The smallest absolute Gasteiger partial charge is 0.389 e. The first kappa shape index (κ1) is 15.9. The number of nitrogens with zero attached hydrogens (tertiary/aromatic N) is 1. The molecule has 1 heterocycles. The van der Waals surface area contributed by atoms with Crippen LogP contribution in [0.25, 0.3) is 10.9 Å². The highest BCUT2D eigenvalue weighted by molar-refractivity contribution is 9.10. The van der Waals surface area contributed by atoms with E-state index in [9.17, 15) is 13.2 Å². The summed E-state index contributed by atoms with van der Waals surface area (Å²) in [5, 5.41) is 3.96. The number of hydrogen-bond donors (Lipinski definition) is 2. The van der Waals surface area contributed by atoms with Crippen LogP contribution in [0.4, 0.5) is 24.5 Å². The predicted molar refractivity (Wildman–Crippen MR) is 82.3 cm³/mol. The molecule has 3 N–H and O–H groups in total. The molecule has 0 aliphatic heterocycles.